The number of hydrogen-bond acceptors (Lipinski definition) is 1. The average molecular weight is 337 g/mol. The number of aromatic nitrogens is 2. The molecule has 0 spiro atoms. The summed E-state index contributed by atoms with van der Waals surface area (Å²) in [6, 6.07) is 22.2. The smallest absolute Gasteiger partial charge is 0.144 e. The van der Waals surface area contributed by atoms with Crippen molar-refractivity contribution < 1.29 is 4.39 Å². The molecule has 118 valence electrons. The molecule has 0 saturated heterocycles. The van der Waals surface area contributed by atoms with Crippen LogP contribution < -0.4 is 0 Å². The van der Waals surface area contributed by atoms with E-state index in [0.717, 1.165) is 16.6 Å². The third kappa shape index (κ3) is 2.68. The zero-order chi connectivity index (χ0) is 16.5. The summed E-state index contributed by atoms with van der Waals surface area (Å²) >= 11 is 5.97. The van der Waals surface area contributed by atoms with E-state index in [1.54, 1.807) is 12.1 Å². The number of halogens is 2. The highest BCUT2D eigenvalue weighted by molar-refractivity contribution is 6.30. The quantitative estimate of drug-likeness (QED) is 0.480. The summed E-state index contributed by atoms with van der Waals surface area (Å²) in [7, 11) is 0. The number of rotatable bonds is 3. The Labute approximate surface area is 144 Å². The maximum atomic E-state index is 14.3. The van der Waals surface area contributed by atoms with E-state index in [4.69, 9.17) is 11.6 Å². The monoisotopic (exact) mass is 336 g/mol. The van der Waals surface area contributed by atoms with Gasteiger partial charge in [0.25, 0.3) is 0 Å². The summed E-state index contributed by atoms with van der Waals surface area (Å²) in [5.41, 5.74) is 3.42. The van der Waals surface area contributed by atoms with Crippen LogP contribution in [-0.2, 0) is 6.54 Å². The van der Waals surface area contributed by atoms with Crippen molar-refractivity contribution in [1.82, 2.24) is 9.55 Å². The van der Waals surface area contributed by atoms with Crippen LogP contribution in [0.5, 0.6) is 0 Å². The topological polar surface area (TPSA) is 17.8 Å². The van der Waals surface area contributed by atoms with E-state index in [-0.39, 0.29) is 5.82 Å². The van der Waals surface area contributed by atoms with Crippen molar-refractivity contribution in [2.45, 2.75) is 6.54 Å². The predicted octanol–water partition coefficient (Wildman–Crippen LogP) is 5.54. The van der Waals surface area contributed by atoms with Crippen molar-refractivity contribution >= 4 is 22.6 Å². The maximum Gasteiger partial charge on any atom is 0.144 e. The molecule has 4 heteroatoms. The second-order valence-corrected chi connectivity index (χ2v) is 6.05. The lowest BCUT2D eigenvalue weighted by molar-refractivity contribution is 0.628. The molecule has 0 radical (unpaired) electrons. The third-order valence-electron chi connectivity index (χ3n) is 4.02. The Morgan fingerprint density at radius 1 is 0.875 bits per heavy atom. The summed E-state index contributed by atoms with van der Waals surface area (Å²) in [5, 5.41) is 0.698. The Bertz CT molecular complexity index is 1010. The number of fused-ring (bicyclic) bond motifs is 1. The van der Waals surface area contributed by atoms with E-state index >= 15 is 0 Å². The van der Waals surface area contributed by atoms with Crippen molar-refractivity contribution in [3.63, 3.8) is 0 Å². The van der Waals surface area contributed by atoms with E-state index in [2.05, 4.69) is 4.98 Å². The molecule has 0 atom stereocenters. The average Bonchev–Trinajstić information content (AvgIpc) is 2.96. The molecular formula is C20H14ClFN2. The van der Waals surface area contributed by atoms with Crippen molar-refractivity contribution in [3.05, 3.63) is 89.2 Å². The second kappa shape index (κ2) is 6.10. The normalized spacial score (nSPS) is 11.1. The highest BCUT2D eigenvalue weighted by Gasteiger charge is 2.15. The molecule has 1 heterocycles. The highest BCUT2D eigenvalue weighted by atomic mass is 35.5. The van der Waals surface area contributed by atoms with Crippen molar-refractivity contribution in [2.75, 3.05) is 0 Å². The van der Waals surface area contributed by atoms with E-state index in [9.17, 15) is 4.39 Å². The first-order valence-corrected chi connectivity index (χ1v) is 8.05. The standard InChI is InChI=1S/C20H14ClFN2/c21-15-11-9-14(10-12-15)13-24-19-8-4-3-7-18(19)23-20(24)16-5-1-2-6-17(16)22/h1-12H,13H2. The summed E-state index contributed by atoms with van der Waals surface area (Å²) in [4.78, 5) is 4.65. The van der Waals surface area contributed by atoms with Crippen LogP contribution in [-0.4, -0.2) is 9.55 Å². The number of benzene rings is 3. The molecule has 0 aliphatic heterocycles. The number of para-hydroxylation sites is 2. The molecule has 2 nitrogen and oxygen atoms in total. The Kier molecular flexibility index (Phi) is 3.79. The molecule has 3 aromatic carbocycles. The Hall–Kier alpha value is -2.65. The molecule has 24 heavy (non-hydrogen) atoms. The minimum atomic E-state index is -0.273. The van der Waals surface area contributed by atoms with Gasteiger partial charge in [0.1, 0.15) is 11.6 Å². The van der Waals surface area contributed by atoms with Gasteiger partial charge >= 0.3 is 0 Å². The fourth-order valence-electron chi connectivity index (χ4n) is 2.86. The van der Waals surface area contributed by atoms with Crippen LogP contribution in [0, 0.1) is 5.82 Å². The fraction of sp³-hybridized carbons (Fsp3) is 0.0500. The van der Waals surface area contributed by atoms with E-state index in [0.29, 0.717) is 23.0 Å². The summed E-state index contributed by atoms with van der Waals surface area (Å²) in [6.07, 6.45) is 0. The van der Waals surface area contributed by atoms with Crippen LogP contribution in [0.3, 0.4) is 0 Å². The van der Waals surface area contributed by atoms with Gasteiger partial charge in [-0.3, -0.25) is 0 Å². The molecular weight excluding hydrogens is 323 g/mol. The molecule has 0 N–H and O–H groups in total. The predicted molar refractivity (Wildman–Crippen MR) is 95.7 cm³/mol. The van der Waals surface area contributed by atoms with Crippen molar-refractivity contribution in [2.24, 2.45) is 0 Å². The van der Waals surface area contributed by atoms with Crippen LogP contribution in [0.25, 0.3) is 22.4 Å². The van der Waals surface area contributed by atoms with E-state index in [1.165, 1.54) is 6.07 Å². The lowest BCUT2D eigenvalue weighted by Gasteiger charge is -2.10. The van der Waals surface area contributed by atoms with Crippen LogP contribution in [0.15, 0.2) is 72.8 Å². The zero-order valence-electron chi connectivity index (χ0n) is 12.8. The van der Waals surface area contributed by atoms with Gasteiger partial charge in [-0.15, -0.1) is 0 Å². The number of imidazole rings is 1. The summed E-state index contributed by atoms with van der Waals surface area (Å²) in [6.45, 7) is 0.599. The molecule has 0 unspecified atom stereocenters. The molecule has 4 rings (SSSR count). The van der Waals surface area contributed by atoms with Gasteiger partial charge in [0.05, 0.1) is 16.6 Å². The Morgan fingerprint density at radius 2 is 1.58 bits per heavy atom. The van der Waals surface area contributed by atoms with Crippen LogP contribution in [0.1, 0.15) is 5.56 Å². The SMILES string of the molecule is Fc1ccccc1-c1nc2ccccc2n1Cc1ccc(Cl)cc1. The van der Waals surface area contributed by atoms with Gasteiger partial charge in [-0.05, 0) is 42.0 Å². The maximum absolute atomic E-state index is 14.3. The van der Waals surface area contributed by atoms with Crippen molar-refractivity contribution in [1.29, 1.82) is 0 Å². The first kappa shape index (κ1) is 14.9. The fourth-order valence-corrected chi connectivity index (χ4v) is 2.98. The first-order chi connectivity index (χ1) is 11.7. The number of hydrogen-bond donors (Lipinski definition) is 0. The highest BCUT2D eigenvalue weighted by Crippen LogP contribution is 2.27. The van der Waals surface area contributed by atoms with Crippen LogP contribution in [0.4, 0.5) is 4.39 Å². The van der Waals surface area contributed by atoms with Gasteiger partial charge in [-0.25, -0.2) is 9.37 Å². The van der Waals surface area contributed by atoms with Gasteiger partial charge < -0.3 is 4.57 Å². The summed E-state index contributed by atoms with van der Waals surface area (Å²) in [5.74, 6) is 0.356. The zero-order valence-corrected chi connectivity index (χ0v) is 13.5. The molecule has 0 aliphatic rings. The molecule has 0 bridgehead atoms. The second-order valence-electron chi connectivity index (χ2n) is 5.62. The van der Waals surface area contributed by atoms with Crippen LogP contribution in [0.2, 0.25) is 5.02 Å². The largest absolute Gasteiger partial charge is 0.319 e. The van der Waals surface area contributed by atoms with E-state index < -0.39 is 0 Å². The Balaban J connectivity index is 1.90. The molecule has 1 aromatic heterocycles. The molecule has 0 saturated carbocycles. The number of nitrogens with zero attached hydrogens (tertiary/aromatic N) is 2. The van der Waals surface area contributed by atoms with Gasteiger partial charge in [0.2, 0.25) is 0 Å². The van der Waals surface area contributed by atoms with E-state index in [1.807, 2.05) is 59.2 Å². The van der Waals surface area contributed by atoms with Gasteiger partial charge in [-0.1, -0.05) is 48.0 Å². The lowest BCUT2D eigenvalue weighted by Crippen LogP contribution is -2.03. The van der Waals surface area contributed by atoms with Gasteiger partial charge in [-0.2, -0.15) is 0 Å². The minimum absolute atomic E-state index is 0.273. The molecule has 0 amide bonds. The molecule has 0 fully saturated rings. The minimum Gasteiger partial charge on any atom is -0.319 e. The van der Waals surface area contributed by atoms with Gasteiger partial charge in [0.15, 0.2) is 0 Å². The van der Waals surface area contributed by atoms with Crippen LogP contribution >= 0.6 is 11.6 Å². The third-order valence-corrected chi connectivity index (χ3v) is 4.28. The molecule has 4 aromatic rings. The van der Waals surface area contributed by atoms with Gasteiger partial charge in [0, 0.05) is 11.6 Å². The summed E-state index contributed by atoms with van der Waals surface area (Å²) < 4.78 is 16.3. The molecule has 0 aliphatic carbocycles. The lowest BCUT2D eigenvalue weighted by atomic mass is 10.2. The first-order valence-electron chi connectivity index (χ1n) is 7.67. The Morgan fingerprint density at radius 3 is 2.38 bits per heavy atom. The van der Waals surface area contributed by atoms with Crippen molar-refractivity contribution in [3.8, 4) is 11.4 Å².